The molecule has 2 aromatic heterocycles. The topological polar surface area (TPSA) is 41.4 Å². The Hall–Kier alpha value is -1.66. The lowest BCUT2D eigenvalue weighted by molar-refractivity contribution is 0.0460. The van der Waals surface area contributed by atoms with Crippen LogP contribution in [-0.2, 0) is 13.1 Å². The second kappa shape index (κ2) is 5.52. The van der Waals surface area contributed by atoms with E-state index in [1.807, 2.05) is 15.6 Å². The highest BCUT2D eigenvalue weighted by Crippen LogP contribution is 2.36. The molecular weight excluding hydrogens is 296 g/mol. The first-order chi connectivity index (χ1) is 10.7. The summed E-state index contributed by atoms with van der Waals surface area (Å²) in [6, 6.07) is 6.40. The van der Waals surface area contributed by atoms with Crippen LogP contribution in [0, 0.1) is 0 Å². The van der Waals surface area contributed by atoms with Crippen molar-refractivity contribution in [2.24, 2.45) is 0 Å². The minimum Gasteiger partial charge on any atom is -0.329 e. The van der Waals surface area contributed by atoms with Gasteiger partial charge in [-0.05, 0) is 37.4 Å². The molecule has 4 heterocycles. The van der Waals surface area contributed by atoms with Gasteiger partial charge in [0.05, 0.1) is 11.7 Å². The molecule has 2 aliphatic rings. The lowest BCUT2D eigenvalue weighted by Crippen LogP contribution is -2.45. The summed E-state index contributed by atoms with van der Waals surface area (Å²) in [4.78, 5) is 18.3. The van der Waals surface area contributed by atoms with Gasteiger partial charge in [0.15, 0.2) is 5.69 Å². The van der Waals surface area contributed by atoms with E-state index < -0.39 is 0 Å². The third-order valence-electron chi connectivity index (χ3n) is 4.58. The van der Waals surface area contributed by atoms with Crippen LogP contribution >= 0.6 is 11.3 Å². The Morgan fingerprint density at radius 3 is 3.00 bits per heavy atom. The Kier molecular flexibility index (Phi) is 3.50. The SMILES string of the molecule is CN1CCCn2nc(C(=O)N3CCC3c3cccs3)cc2C1. The number of aromatic nitrogens is 2. The number of nitrogens with zero attached hydrogens (tertiary/aromatic N) is 4. The Labute approximate surface area is 134 Å². The van der Waals surface area contributed by atoms with Gasteiger partial charge in [-0.15, -0.1) is 11.3 Å². The third kappa shape index (κ3) is 2.36. The van der Waals surface area contributed by atoms with Crippen LogP contribution in [0.4, 0.5) is 0 Å². The predicted octanol–water partition coefficient (Wildman–Crippen LogP) is 2.37. The van der Waals surface area contributed by atoms with Crippen LogP contribution < -0.4 is 0 Å². The molecule has 0 saturated carbocycles. The Morgan fingerprint density at radius 2 is 2.27 bits per heavy atom. The lowest BCUT2D eigenvalue weighted by atomic mass is 10.0. The van der Waals surface area contributed by atoms with E-state index in [2.05, 4.69) is 34.6 Å². The number of rotatable bonds is 2. The summed E-state index contributed by atoms with van der Waals surface area (Å²) in [5.74, 6) is 0.0767. The number of thiophene rings is 1. The molecule has 0 spiro atoms. The predicted molar refractivity (Wildman–Crippen MR) is 85.9 cm³/mol. The van der Waals surface area contributed by atoms with Crippen molar-refractivity contribution in [2.45, 2.75) is 32.0 Å². The van der Waals surface area contributed by atoms with Gasteiger partial charge >= 0.3 is 0 Å². The maximum atomic E-state index is 12.8. The summed E-state index contributed by atoms with van der Waals surface area (Å²) in [5, 5.41) is 6.64. The number of amides is 1. The number of hydrogen-bond donors (Lipinski definition) is 0. The molecule has 6 heteroatoms. The van der Waals surface area contributed by atoms with E-state index in [4.69, 9.17) is 0 Å². The fraction of sp³-hybridized carbons (Fsp3) is 0.500. The number of fused-ring (bicyclic) bond motifs is 1. The van der Waals surface area contributed by atoms with Gasteiger partial charge in [0.2, 0.25) is 0 Å². The summed E-state index contributed by atoms with van der Waals surface area (Å²) >= 11 is 1.73. The molecule has 1 unspecified atom stereocenters. The van der Waals surface area contributed by atoms with Crippen LogP contribution in [-0.4, -0.2) is 45.6 Å². The molecule has 5 nitrogen and oxygen atoms in total. The average Bonchev–Trinajstić information content (AvgIpc) is 3.05. The van der Waals surface area contributed by atoms with E-state index >= 15 is 0 Å². The summed E-state index contributed by atoms with van der Waals surface area (Å²) in [5.41, 5.74) is 1.75. The molecule has 2 aliphatic heterocycles. The summed E-state index contributed by atoms with van der Waals surface area (Å²) < 4.78 is 2.01. The van der Waals surface area contributed by atoms with Crippen LogP contribution in [0.3, 0.4) is 0 Å². The van der Waals surface area contributed by atoms with Crippen LogP contribution in [0.1, 0.15) is 39.9 Å². The molecule has 1 atom stereocenters. The first-order valence-corrected chi connectivity index (χ1v) is 8.70. The van der Waals surface area contributed by atoms with E-state index in [0.717, 1.165) is 44.7 Å². The zero-order valence-corrected chi connectivity index (χ0v) is 13.6. The van der Waals surface area contributed by atoms with Crippen molar-refractivity contribution in [3.8, 4) is 0 Å². The first-order valence-electron chi connectivity index (χ1n) is 7.82. The molecule has 116 valence electrons. The fourth-order valence-electron chi connectivity index (χ4n) is 3.28. The molecule has 2 aromatic rings. The van der Waals surface area contributed by atoms with E-state index in [1.165, 1.54) is 4.88 Å². The van der Waals surface area contributed by atoms with Gasteiger partial charge in [0, 0.05) is 31.1 Å². The van der Waals surface area contributed by atoms with Gasteiger partial charge in [-0.3, -0.25) is 9.48 Å². The quantitative estimate of drug-likeness (QED) is 0.854. The molecule has 4 rings (SSSR count). The van der Waals surface area contributed by atoms with E-state index in [0.29, 0.717) is 5.69 Å². The normalized spacial score (nSPS) is 22.0. The standard InChI is InChI=1S/C16H20N4OS/c1-18-6-3-7-20-12(11-18)10-13(17-20)16(21)19-8-5-14(19)15-4-2-9-22-15/h2,4,9-10,14H,3,5-8,11H2,1H3. The molecule has 1 fully saturated rings. The molecule has 1 amide bonds. The second-order valence-corrected chi connectivity index (χ2v) is 7.13. The molecule has 0 bridgehead atoms. The summed E-state index contributed by atoms with van der Waals surface area (Å²) in [7, 11) is 2.12. The third-order valence-corrected chi connectivity index (χ3v) is 5.55. The van der Waals surface area contributed by atoms with Gasteiger partial charge in [-0.1, -0.05) is 6.07 Å². The lowest BCUT2D eigenvalue weighted by Gasteiger charge is -2.40. The highest BCUT2D eigenvalue weighted by molar-refractivity contribution is 7.10. The minimum atomic E-state index is 0.0767. The maximum Gasteiger partial charge on any atom is 0.274 e. The van der Waals surface area contributed by atoms with Crippen molar-refractivity contribution in [3.63, 3.8) is 0 Å². The van der Waals surface area contributed by atoms with Crippen molar-refractivity contribution in [3.05, 3.63) is 39.8 Å². The zero-order chi connectivity index (χ0) is 15.1. The van der Waals surface area contributed by atoms with Crippen molar-refractivity contribution < 1.29 is 4.79 Å². The van der Waals surface area contributed by atoms with Gasteiger partial charge in [0.1, 0.15) is 0 Å². The molecule has 22 heavy (non-hydrogen) atoms. The van der Waals surface area contributed by atoms with E-state index in [-0.39, 0.29) is 11.9 Å². The molecule has 0 aliphatic carbocycles. The van der Waals surface area contributed by atoms with Crippen LogP contribution in [0.5, 0.6) is 0 Å². The molecular formula is C16H20N4OS. The number of likely N-dealkylation sites (tertiary alicyclic amines) is 1. The van der Waals surface area contributed by atoms with Gasteiger partial charge in [-0.25, -0.2) is 0 Å². The van der Waals surface area contributed by atoms with Crippen LogP contribution in [0.2, 0.25) is 0 Å². The van der Waals surface area contributed by atoms with E-state index in [9.17, 15) is 4.79 Å². The van der Waals surface area contributed by atoms with Crippen molar-refractivity contribution in [2.75, 3.05) is 20.1 Å². The average molecular weight is 316 g/mol. The van der Waals surface area contributed by atoms with Gasteiger partial charge in [0.25, 0.3) is 5.91 Å². The number of hydrogen-bond acceptors (Lipinski definition) is 4. The van der Waals surface area contributed by atoms with Crippen molar-refractivity contribution in [1.29, 1.82) is 0 Å². The summed E-state index contributed by atoms with van der Waals surface area (Å²) in [6.07, 6.45) is 2.14. The Morgan fingerprint density at radius 1 is 1.36 bits per heavy atom. The Balaban J connectivity index is 1.55. The van der Waals surface area contributed by atoms with Crippen molar-refractivity contribution in [1.82, 2.24) is 19.6 Å². The monoisotopic (exact) mass is 316 g/mol. The highest BCUT2D eigenvalue weighted by atomic mass is 32.1. The largest absolute Gasteiger partial charge is 0.329 e. The molecule has 0 radical (unpaired) electrons. The minimum absolute atomic E-state index is 0.0767. The van der Waals surface area contributed by atoms with Crippen LogP contribution in [0.15, 0.2) is 23.6 Å². The van der Waals surface area contributed by atoms with Crippen LogP contribution in [0.25, 0.3) is 0 Å². The molecule has 1 saturated heterocycles. The molecule has 0 aromatic carbocycles. The Bertz CT molecular complexity index is 678. The zero-order valence-electron chi connectivity index (χ0n) is 12.7. The molecule has 0 N–H and O–H groups in total. The van der Waals surface area contributed by atoms with Gasteiger partial charge < -0.3 is 9.80 Å². The van der Waals surface area contributed by atoms with Gasteiger partial charge in [-0.2, -0.15) is 5.10 Å². The van der Waals surface area contributed by atoms with E-state index in [1.54, 1.807) is 11.3 Å². The number of carbonyl (C=O) groups is 1. The first kappa shape index (κ1) is 14.0. The fourth-order valence-corrected chi connectivity index (χ4v) is 4.15. The number of aryl methyl sites for hydroxylation is 1. The second-order valence-electron chi connectivity index (χ2n) is 6.15. The van der Waals surface area contributed by atoms with Crippen molar-refractivity contribution >= 4 is 17.2 Å². The smallest absolute Gasteiger partial charge is 0.274 e. The summed E-state index contributed by atoms with van der Waals surface area (Å²) in [6.45, 7) is 3.69. The maximum absolute atomic E-state index is 12.8. The highest BCUT2D eigenvalue weighted by Gasteiger charge is 2.35. The number of carbonyl (C=O) groups excluding carboxylic acids is 1.